The molecule has 2 fully saturated rings. The molecule has 9 heteroatoms. The number of amides is 1. The highest BCUT2D eigenvalue weighted by Gasteiger charge is 2.33. The van der Waals surface area contributed by atoms with Crippen LogP contribution in [0.2, 0.25) is 0 Å². The van der Waals surface area contributed by atoms with Crippen LogP contribution >= 0.6 is 0 Å². The molecule has 1 unspecified atom stereocenters. The van der Waals surface area contributed by atoms with Gasteiger partial charge in [0.2, 0.25) is 0 Å². The smallest absolute Gasteiger partial charge is 0.272 e. The van der Waals surface area contributed by atoms with Gasteiger partial charge in [-0.1, -0.05) is 0 Å². The molecule has 144 valence electrons. The first-order valence-electron chi connectivity index (χ1n) is 8.92. The van der Waals surface area contributed by atoms with E-state index in [1.165, 1.54) is 4.90 Å². The molecular formula is C17H26N4O4S. The number of hydrogen-bond donors (Lipinski definition) is 1. The molecule has 0 aromatic carbocycles. The Morgan fingerprint density at radius 3 is 2.77 bits per heavy atom. The van der Waals surface area contributed by atoms with Crippen molar-refractivity contribution in [3.05, 3.63) is 24.0 Å². The van der Waals surface area contributed by atoms with Crippen molar-refractivity contribution in [2.24, 2.45) is 0 Å². The molecule has 1 aromatic heterocycles. The third kappa shape index (κ3) is 4.93. The van der Waals surface area contributed by atoms with Gasteiger partial charge in [0.1, 0.15) is 5.69 Å². The average Bonchev–Trinajstić information content (AvgIpc) is 3.02. The van der Waals surface area contributed by atoms with E-state index in [4.69, 9.17) is 4.74 Å². The maximum Gasteiger partial charge on any atom is 0.272 e. The summed E-state index contributed by atoms with van der Waals surface area (Å²) in [6, 6.07) is 3.25. The summed E-state index contributed by atoms with van der Waals surface area (Å²) in [5.74, 6) is -0.0579. The second-order valence-electron chi connectivity index (χ2n) is 6.79. The number of nitrogens with one attached hydrogen (secondary N) is 1. The minimum atomic E-state index is -3.02. The molecule has 1 N–H and O–H groups in total. The van der Waals surface area contributed by atoms with E-state index in [2.05, 4.69) is 15.2 Å². The van der Waals surface area contributed by atoms with Crippen LogP contribution in [0, 0.1) is 0 Å². The van der Waals surface area contributed by atoms with Crippen molar-refractivity contribution in [1.29, 1.82) is 0 Å². The lowest BCUT2D eigenvalue weighted by atomic mass is 10.2. The number of carbonyl (C=O) groups is 1. The van der Waals surface area contributed by atoms with E-state index < -0.39 is 9.84 Å². The van der Waals surface area contributed by atoms with Gasteiger partial charge in [0, 0.05) is 39.3 Å². The number of anilines is 1. The lowest BCUT2D eigenvalue weighted by Crippen LogP contribution is -2.39. The van der Waals surface area contributed by atoms with Crippen LogP contribution in [0.25, 0.3) is 0 Å². The number of aromatic nitrogens is 1. The Balaban J connectivity index is 1.49. The van der Waals surface area contributed by atoms with Crippen molar-refractivity contribution < 1.29 is 17.9 Å². The van der Waals surface area contributed by atoms with Gasteiger partial charge in [-0.2, -0.15) is 0 Å². The van der Waals surface area contributed by atoms with E-state index in [0.29, 0.717) is 12.1 Å². The Morgan fingerprint density at radius 1 is 1.38 bits per heavy atom. The zero-order valence-corrected chi connectivity index (χ0v) is 15.9. The molecule has 1 atom stereocenters. The summed E-state index contributed by atoms with van der Waals surface area (Å²) in [6.45, 7) is 5.22. The van der Waals surface area contributed by atoms with Crippen LogP contribution in [0.15, 0.2) is 18.3 Å². The minimum absolute atomic E-state index is 0.0381. The summed E-state index contributed by atoms with van der Waals surface area (Å²) in [7, 11) is -1.38. The maximum atomic E-state index is 12.5. The molecule has 0 bridgehead atoms. The van der Waals surface area contributed by atoms with E-state index >= 15 is 0 Å². The lowest BCUT2D eigenvalue weighted by molar-refractivity contribution is 0.0398. The van der Waals surface area contributed by atoms with Crippen LogP contribution in [0.4, 0.5) is 5.69 Å². The van der Waals surface area contributed by atoms with Gasteiger partial charge in [-0.25, -0.2) is 13.4 Å². The summed E-state index contributed by atoms with van der Waals surface area (Å²) in [4.78, 5) is 20.6. The highest BCUT2D eigenvalue weighted by molar-refractivity contribution is 7.91. The Morgan fingerprint density at radius 2 is 2.15 bits per heavy atom. The first-order valence-corrected chi connectivity index (χ1v) is 10.7. The topological polar surface area (TPSA) is 91.8 Å². The summed E-state index contributed by atoms with van der Waals surface area (Å²) in [5, 5.41) is 3.30. The number of sulfone groups is 1. The molecule has 3 rings (SSSR count). The number of carbonyl (C=O) groups excluding carboxylic acids is 1. The normalized spacial score (nSPS) is 22.9. The number of rotatable bonds is 6. The van der Waals surface area contributed by atoms with E-state index in [9.17, 15) is 13.2 Å². The summed E-state index contributed by atoms with van der Waals surface area (Å²) < 4.78 is 28.5. The molecule has 2 aliphatic rings. The molecule has 3 heterocycles. The molecule has 1 aromatic rings. The zero-order chi connectivity index (χ0) is 18.6. The third-order valence-electron chi connectivity index (χ3n) is 4.92. The first-order chi connectivity index (χ1) is 12.4. The van der Waals surface area contributed by atoms with E-state index in [1.807, 2.05) is 6.07 Å². The van der Waals surface area contributed by atoms with Crippen molar-refractivity contribution in [1.82, 2.24) is 14.8 Å². The molecule has 0 spiro atoms. The Bertz CT molecular complexity index is 717. The fourth-order valence-corrected chi connectivity index (χ4v) is 5.01. The van der Waals surface area contributed by atoms with Crippen LogP contribution in [0.5, 0.6) is 0 Å². The van der Waals surface area contributed by atoms with Gasteiger partial charge in [-0.05, 0) is 18.6 Å². The Labute approximate surface area is 154 Å². The summed E-state index contributed by atoms with van der Waals surface area (Å²) in [6.07, 6.45) is 2.14. The fraction of sp³-hybridized carbons (Fsp3) is 0.647. The molecule has 2 aliphatic heterocycles. The highest BCUT2D eigenvalue weighted by Crippen LogP contribution is 2.18. The van der Waals surface area contributed by atoms with Crippen molar-refractivity contribution in [3.8, 4) is 0 Å². The van der Waals surface area contributed by atoms with E-state index in [1.54, 1.807) is 19.3 Å². The van der Waals surface area contributed by atoms with Crippen LogP contribution in [0.3, 0.4) is 0 Å². The van der Waals surface area contributed by atoms with Crippen molar-refractivity contribution in [3.63, 3.8) is 0 Å². The number of nitrogens with zero attached hydrogens (tertiary/aromatic N) is 3. The minimum Gasteiger partial charge on any atom is -0.383 e. The summed E-state index contributed by atoms with van der Waals surface area (Å²) >= 11 is 0. The molecule has 0 saturated carbocycles. The van der Waals surface area contributed by atoms with Gasteiger partial charge >= 0.3 is 0 Å². The predicted octanol–water partition coefficient (Wildman–Crippen LogP) is 0.0848. The molecule has 26 heavy (non-hydrogen) atoms. The maximum absolute atomic E-state index is 12.5. The van der Waals surface area contributed by atoms with Gasteiger partial charge in [-0.3, -0.25) is 9.69 Å². The fourth-order valence-electron chi connectivity index (χ4n) is 3.24. The molecule has 0 radical (unpaired) electrons. The number of pyridine rings is 1. The Kier molecular flexibility index (Phi) is 6.10. The average molecular weight is 382 g/mol. The second kappa shape index (κ2) is 8.32. The van der Waals surface area contributed by atoms with Gasteiger partial charge in [0.25, 0.3) is 5.91 Å². The zero-order valence-electron chi connectivity index (χ0n) is 15.1. The first kappa shape index (κ1) is 19.1. The summed E-state index contributed by atoms with van der Waals surface area (Å²) in [5.41, 5.74) is 1.19. The largest absolute Gasteiger partial charge is 0.383 e. The molecule has 2 saturated heterocycles. The molecular weight excluding hydrogens is 356 g/mol. The van der Waals surface area contributed by atoms with Gasteiger partial charge in [0.15, 0.2) is 9.84 Å². The van der Waals surface area contributed by atoms with Crippen molar-refractivity contribution >= 4 is 21.4 Å². The van der Waals surface area contributed by atoms with Gasteiger partial charge < -0.3 is 15.0 Å². The van der Waals surface area contributed by atoms with Crippen molar-refractivity contribution in [2.45, 2.75) is 12.5 Å². The van der Waals surface area contributed by atoms with Crippen LogP contribution in [-0.4, -0.2) is 93.1 Å². The molecule has 0 aliphatic carbocycles. The lowest BCUT2D eigenvalue weighted by Gasteiger charge is -2.26. The van der Waals surface area contributed by atoms with E-state index in [-0.39, 0.29) is 23.5 Å². The number of ether oxygens (including phenoxy) is 1. The van der Waals surface area contributed by atoms with Crippen LogP contribution in [-0.2, 0) is 14.6 Å². The Hall–Kier alpha value is -1.71. The van der Waals surface area contributed by atoms with E-state index in [0.717, 1.165) is 45.1 Å². The van der Waals surface area contributed by atoms with Crippen LogP contribution < -0.4 is 5.32 Å². The number of morpholine rings is 1. The second-order valence-corrected chi connectivity index (χ2v) is 9.01. The monoisotopic (exact) mass is 382 g/mol. The quantitative estimate of drug-likeness (QED) is 0.745. The van der Waals surface area contributed by atoms with Crippen LogP contribution in [0.1, 0.15) is 16.9 Å². The molecule has 8 nitrogen and oxygen atoms in total. The van der Waals surface area contributed by atoms with Gasteiger partial charge in [0.05, 0.1) is 36.6 Å². The highest BCUT2D eigenvalue weighted by atomic mass is 32.2. The number of hydrogen-bond acceptors (Lipinski definition) is 7. The van der Waals surface area contributed by atoms with Gasteiger partial charge in [-0.15, -0.1) is 0 Å². The predicted molar refractivity (Wildman–Crippen MR) is 99.1 cm³/mol. The molecule has 1 amide bonds. The standard InChI is InChI=1S/C17H26N4O4S/c1-20(15-4-11-26(23,24)13-15)17(22)16-3-2-14(12-19-16)18-5-6-21-7-9-25-10-8-21/h2-3,12,15,18H,4-11,13H2,1H3. The third-order valence-corrected chi connectivity index (χ3v) is 6.67. The SMILES string of the molecule is CN(C(=O)c1ccc(NCCN2CCOCC2)cn1)C1CCS(=O)(=O)C1. The van der Waals surface area contributed by atoms with Crippen molar-refractivity contribution in [2.75, 3.05) is 63.3 Å².